The van der Waals surface area contributed by atoms with E-state index in [1.54, 1.807) is 6.20 Å². The predicted molar refractivity (Wildman–Crippen MR) is 133 cm³/mol. The molecule has 4 heterocycles. The molecule has 2 aliphatic rings. The van der Waals surface area contributed by atoms with Crippen LogP contribution < -0.4 is 19.5 Å². The molecular formula is C26H32N5O4. The summed E-state index contributed by atoms with van der Waals surface area (Å²) in [5.74, 6) is 3.17. The first kappa shape index (κ1) is 23.4. The number of hydrogen-bond donors (Lipinski definition) is 2. The number of hydrogen-bond acceptors (Lipinski definition) is 7. The fourth-order valence-corrected chi connectivity index (χ4v) is 4.76. The van der Waals surface area contributed by atoms with Crippen molar-refractivity contribution in [2.24, 2.45) is 0 Å². The van der Waals surface area contributed by atoms with Gasteiger partial charge < -0.3 is 29.4 Å². The third kappa shape index (κ3) is 4.77. The van der Waals surface area contributed by atoms with Crippen molar-refractivity contribution in [1.29, 1.82) is 0 Å². The van der Waals surface area contributed by atoms with Crippen molar-refractivity contribution in [3.05, 3.63) is 36.1 Å². The minimum absolute atomic E-state index is 0.127. The first-order chi connectivity index (χ1) is 17.0. The number of carbonyl (C=O) groups is 1. The molecule has 2 aliphatic heterocycles. The number of aromatic nitrogens is 3. The highest BCUT2D eigenvalue weighted by molar-refractivity contribution is 6.08. The fourth-order valence-electron chi connectivity index (χ4n) is 4.76. The lowest BCUT2D eigenvalue weighted by atomic mass is 10.0. The maximum absolute atomic E-state index is 13.2. The lowest BCUT2D eigenvalue weighted by Gasteiger charge is -2.33. The van der Waals surface area contributed by atoms with Crippen LogP contribution in [0.5, 0.6) is 17.2 Å². The van der Waals surface area contributed by atoms with Crippen molar-refractivity contribution >= 4 is 16.9 Å². The quantitative estimate of drug-likeness (QED) is 0.505. The average Bonchev–Trinajstić information content (AvgIpc) is 3.50. The zero-order valence-corrected chi connectivity index (χ0v) is 20.5. The molecule has 0 atom stereocenters. The van der Waals surface area contributed by atoms with Crippen LogP contribution >= 0.6 is 0 Å². The molecule has 9 nitrogen and oxygen atoms in total. The largest absolute Gasteiger partial charge is 0.493 e. The van der Waals surface area contributed by atoms with Crippen LogP contribution in [-0.4, -0.2) is 64.8 Å². The third-order valence-electron chi connectivity index (χ3n) is 6.37. The van der Waals surface area contributed by atoms with Gasteiger partial charge in [-0.2, -0.15) is 0 Å². The number of benzene rings is 1. The van der Waals surface area contributed by atoms with Gasteiger partial charge in [-0.05, 0) is 37.3 Å². The third-order valence-corrected chi connectivity index (χ3v) is 6.37. The Morgan fingerprint density at radius 1 is 1.23 bits per heavy atom. The number of likely N-dealkylation sites (tertiary alicyclic amines) is 1. The van der Waals surface area contributed by atoms with Crippen molar-refractivity contribution in [2.75, 3.05) is 33.0 Å². The number of fused-ring (bicyclic) bond motifs is 2. The maximum Gasteiger partial charge on any atom is 0.255 e. The van der Waals surface area contributed by atoms with E-state index >= 15 is 0 Å². The molecule has 0 aliphatic carbocycles. The fraction of sp³-hybridized carbons (Fsp3) is 0.462. The molecule has 1 fully saturated rings. The number of amides is 1. The zero-order valence-electron chi connectivity index (χ0n) is 20.5. The van der Waals surface area contributed by atoms with Crippen LogP contribution in [0.1, 0.15) is 50.4 Å². The molecule has 0 saturated carbocycles. The number of rotatable bonds is 8. The first-order valence-electron chi connectivity index (χ1n) is 12.2. The number of piperidine rings is 1. The van der Waals surface area contributed by atoms with E-state index in [0.29, 0.717) is 51.7 Å². The molecular weight excluding hydrogens is 446 g/mol. The van der Waals surface area contributed by atoms with E-state index in [-0.39, 0.29) is 18.7 Å². The minimum atomic E-state index is -0.127. The van der Waals surface area contributed by atoms with E-state index in [4.69, 9.17) is 14.2 Å². The van der Waals surface area contributed by atoms with E-state index in [2.05, 4.69) is 45.9 Å². The van der Waals surface area contributed by atoms with E-state index < -0.39 is 0 Å². The monoisotopic (exact) mass is 478 g/mol. The van der Waals surface area contributed by atoms with Gasteiger partial charge in [0.25, 0.3) is 5.91 Å². The number of aromatic amines is 1. The summed E-state index contributed by atoms with van der Waals surface area (Å²) in [6, 6.07) is 3.86. The highest BCUT2D eigenvalue weighted by Gasteiger charge is 2.28. The van der Waals surface area contributed by atoms with Gasteiger partial charge in [-0.3, -0.25) is 4.79 Å². The molecule has 0 unspecified atom stereocenters. The molecule has 0 spiro atoms. The smallest absolute Gasteiger partial charge is 0.255 e. The Bertz CT molecular complexity index is 1200. The highest BCUT2D eigenvalue weighted by atomic mass is 16.7. The van der Waals surface area contributed by atoms with Gasteiger partial charge in [0.05, 0.1) is 23.3 Å². The predicted octanol–water partition coefficient (Wildman–Crippen LogP) is 3.95. The molecule has 0 bridgehead atoms. The maximum atomic E-state index is 13.2. The lowest BCUT2D eigenvalue weighted by molar-refractivity contribution is 0.0913. The Morgan fingerprint density at radius 3 is 2.83 bits per heavy atom. The van der Waals surface area contributed by atoms with Gasteiger partial charge in [0.1, 0.15) is 23.3 Å². The number of nitrogens with one attached hydrogen (secondary N) is 2. The van der Waals surface area contributed by atoms with Gasteiger partial charge in [0.15, 0.2) is 11.5 Å². The van der Waals surface area contributed by atoms with Crippen molar-refractivity contribution in [2.45, 2.75) is 46.1 Å². The lowest BCUT2D eigenvalue weighted by Crippen LogP contribution is -2.45. The summed E-state index contributed by atoms with van der Waals surface area (Å²) < 4.78 is 17.4. The van der Waals surface area contributed by atoms with Gasteiger partial charge in [-0.15, -0.1) is 0 Å². The molecule has 185 valence electrons. The molecule has 2 aromatic heterocycles. The Morgan fingerprint density at radius 2 is 2.06 bits per heavy atom. The second-order valence-electron chi connectivity index (χ2n) is 9.40. The van der Waals surface area contributed by atoms with E-state index in [1.807, 2.05) is 12.1 Å². The van der Waals surface area contributed by atoms with Crippen LogP contribution in [0.2, 0.25) is 0 Å². The number of nitrogens with zero attached hydrogens (tertiary/aromatic N) is 3. The SMILES string of the molecule is CCCOc1ccc2c(c1-c1ncnc3c(C(=O)NC4CCN(C[C](C)C)CC4)c[nH]c13)OCO2. The second-order valence-corrected chi connectivity index (χ2v) is 9.40. The summed E-state index contributed by atoms with van der Waals surface area (Å²) in [5, 5.41) is 3.21. The Hall–Kier alpha value is -3.33. The molecule has 35 heavy (non-hydrogen) atoms. The van der Waals surface area contributed by atoms with Crippen LogP contribution in [0, 0.1) is 5.92 Å². The normalized spacial score (nSPS) is 16.2. The number of carbonyl (C=O) groups excluding carboxylic acids is 1. The van der Waals surface area contributed by atoms with Crippen LogP contribution in [-0.2, 0) is 0 Å². The summed E-state index contributed by atoms with van der Waals surface area (Å²) in [5.41, 5.74) is 3.04. The van der Waals surface area contributed by atoms with E-state index in [9.17, 15) is 4.79 Å². The van der Waals surface area contributed by atoms with Crippen molar-refractivity contribution in [1.82, 2.24) is 25.2 Å². The topological polar surface area (TPSA) is 102 Å². The number of ether oxygens (including phenoxy) is 3. The zero-order chi connectivity index (χ0) is 24.4. The molecule has 5 rings (SSSR count). The standard InChI is InChI=1S/C26H32N5O4/c1-4-11-33-19-5-6-20-25(35-15-34-20)21(19)23-24-22(28-14-29-23)18(12-27-24)26(32)30-17-7-9-31(10-8-17)13-16(2)3/h5-6,12,14,17,27H,4,7-11,13,15H2,1-3H3,(H,30,32). The molecule has 3 aromatic rings. The van der Waals surface area contributed by atoms with Crippen molar-refractivity contribution < 1.29 is 19.0 Å². The van der Waals surface area contributed by atoms with Gasteiger partial charge in [-0.25, -0.2) is 9.97 Å². The Kier molecular flexibility index (Phi) is 6.77. The summed E-state index contributed by atoms with van der Waals surface area (Å²) >= 11 is 0. The first-order valence-corrected chi connectivity index (χ1v) is 12.2. The Balaban J connectivity index is 1.41. The van der Waals surface area contributed by atoms with Crippen LogP contribution in [0.3, 0.4) is 0 Å². The van der Waals surface area contributed by atoms with E-state index in [0.717, 1.165) is 38.9 Å². The van der Waals surface area contributed by atoms with Gasteiger partial charge >= 0.3 is 0 Å². The van der Waals surface area contributed by atoms with Crippen LogP contribution in [0.25, 0.3) is 22.3 Å². The molecule has 9 heteroatoms. The molecule has 2 N–H and O–H groups in total. The van der Waals surface area contributed by atoms with Crippen molar-refractivity contribution in [3.8, 4) is 28.5 Å². The van der Waals surface area contributed by atoms with Crippen LogP contribution in [0.4, 0.5) is 0 Å². The highest BCUT2D eigenvalue weighted by Crippen LogP contribution is 2.47. The molecule has 1 saturated heterocycles. The van der Waals surface area contributed by atoms with Gasteiger partial charge in [-0.1, -0.05) is 20.8 Å². The average molecular weight is 479 g/mol. The van der Waals surface area contributed by atoms with Crippen LogP contribution in [0.15, 0.2) is 24.7 Å². The summed E-state index contributed by atoms with van der Waals surface area (Å²) in [4.78, 5) is 27.9. The summed E-state index contributed by atoms with van der Waals surface area (Å²) in [7, 11) is 0. The molecule has 1 aromatic carbocycles. The minimum Gasteiger partial charge on any atom is -0.493 e. The summed E-state index contributed by atoms with van der Waals surface area (Å²) in [6.07, 6.45) is 5.93. The summed E-state index contributed by atoms with van der Waals surface area (Å²) in [6.45, 7) is 10.1. The molecule has 1 radical (unpaired) electrons. The van der Waals surface area contributed by atoms with Gasteiger partial charge in [0, 0.05) is 31.9 Å². The van der Waals surface area contributed by atoms with Gasteiger partial charge in [0.2, 0.25) is 6.79 Å². The van der Waals surface area contributed by atoms with Crippen molar-refractivity contribution in [3.63, 3.8) is 0 Å². The second kappa shape index (κ2) is 10.1. The number of H-pyrrole nitrogens is 1. The van der Waals surface area contributed by atoms with E-state index in [1.165, 1.54) is 12.2 Å². The Labute approximate surface area is 205 Å². The molecule has 1 amide bonds.